The summed E-state index contributed by atoms with van der Waals surface area (Å²) in [6, 6.07) is 0. The molecule has 0 aliphatic carbocycles. The first-order chi connectivity index (χ1) is 5.74. The predicted octanol–water partition coefficient (Wildman–Crippen LogP) is 2.52. The van der Waals surface area contributed by atoms with E-state index in [0.29, 0.717) is 5.41 Å². The van der Waals surface area contributed by atoms with Gasteiger partial charge in [-0.2, -0.15) is 0 Å². The minimum atomic E-state index is 0. The van der Waals surface area contributed by atoms with Crippen LogP contribution in [0.1, 0.15) is 53.4 Å². The second kappa shape index (κ2) is 8.52. The molecular formula is C11H28N2. The van der Waals surface area contributed by atoms with Crippen LogP contribution in [0.3, 0.4) is 0 Å². The van der Waals surface area contributed by atoms with Gasteiger partial charge < -0.3 is 11.5 Å². The van der Waals surface area contributed by atoms with Crippen molar-refractivity contribution in [2.75, 3.05) is 13.1 Å². The van der Waals surface area contributed by atoms with Crippen LogP contribution in [0, 0.1) is 5.41 Å². The summed E-state index contributed by atoms with van der Waals surface area (Å²) >= 11 is 0. The lowest BCUT2D eigenvalue weighted by Gasteiger charge is -2.31. The first kappa shape index (κ1) is 15.4. The summed E-state index contributed by atoms with van der Waals surface area (Å²) in [6.07, 6.45) is 6.00. The standard InChI is InChI=1S/C10H24N2.CH4/c1-3-5-10(4-2,6-8-11)7-9-12;/h3-9,11-12H2,1-2H3;1H4. The van der Waals surface area contributed by atoms with Gasteiger partial charge in [-0.05, 0) is 37.8 Å². The number of rotatable bonds is 7. The zero-order valence-corrected chi connectivity index (χ0v) is 8.60. The van der Waals surface area contributed by atoms with Crippen molar-refractivity contribution < 1.29 is 0 Å². The van der Waals surface area contributed by atoms with Crippen molar-refractivity contribution in [3.05, 3.63) is 0 Å². The van der Waals surface area contributed by atoms with Crippen LogP contribution in [-0.4, -0.2) is 13.1 Å². The fraction of sp³-hybridized carbons (Fsp3) is 1.00. The molecule has 0 aliphatic heterocycles. The van der Waals surface area contributed by atoms with E-state index < -0.39 is 0 Å². The molecule has 2 nitrogen and oxygen atoms in total. The maximum atomic E-state index is 5.61. The van der Waals surface area contributed by atoms with Crippen LogP contribution in [0.25, 0.3) is 0 Å². The molecule has 13 heavy (non-hydrogen) atoms. The first-order valence-electron chi connectivity index (χ1n) is 5.14. The van der Waals surface area contributed by atoms with Gasteiger partial charge >= 0.3 is 0 Å². The van der Waals surface area contributed by atoms with E-state index in [2.05, 4.69) is 13.8 Å². The van der Waals surface area contributed by atoms with Crippen molar-refractivity contribution in [3.8, 4) is 0 Å². The Bertz CT molecular complexity index is 85.2. The summed E-state index contributed by atoms with van der Waals surface area (Å²) in [6.45, 7) is 6.08. The van der Waals surface area contributed by atoms with Gasteiger partial charge in [0.2, 0.25) is 0 Å². The number of nitrogens with two attached hydrogens (primary N) is 2. The fourth-order valence-corrected chi connectivity index (χ4v) is 2.05. The highest BCUT2D eigenvalue weighted by molar-refractivity contribution is 4.78. The van der Waals surface area contributed by atoms with E-state index in [1.807, 2.05) is 0 Å². The Hall–Kier alpha value is -0.0800. The molecule has 0 radical (unpaired) electrons. The summed E-state index contributed by atoms with van der Waals surface area (Å²) < 4.78 is 0. The number of hydrogen-bond donors (Lipinski definition) is 2. The molecule has 82 valence electrons. The Labute approximate surface area is 84.1 Å². The quantitative estimate of drug-likeness (QED) is 0.645. The van der Waals surface area contributed by atoms with Crippen LogP contribution in [0.15, 0.2) is 0 Å². The largest absolute Gasteiger partial charge is 0.330 e. The molecule has 0 fully saturated rings. The highest BCUT2D eigenvalue weighted by Crippen LogP contribution is 2.34. The molecule has 0 aromatic heterocycles. The molecular weight excluding hydrogens is 160 g/mol. The van der Waals surface area contributed by atoms with Crippen LogP contribution in [0.4, 0.5) is 0 Å². The van der Waals surface area contributed by atoms with Gasteiger partial charge in [-0.25, -0.2) is 0 Å². The van der Waals surface area contributed by atoms with Gasteiger partial charge in [0.05, 0.1) is 0 Å². The van der Waals surface area contributed by atoms with Crippen LogP contribution >= 0.6 is 0 Å². The van der Waals surface area contributed by atoms with E-state index in [1.54, 1.807) is 0 Å². The molecule has 0 bridgehead atoms. The Morgan fingerprint density at radius 3 is 1.62 bits per heavy atom. The Morgan fingerprint density at radius 2 is 1.38 bits per heavy atom. The zero-order valence-electron chi connectivity index (χ0n) is 8.60. The molecule has 0 saturated heterocycles. The normalized spacial score (nSPS) is 11.1. The van der Waals surface area contributed by atoms with E-state index >= 15 is 0 Å². The maximum Gasteiger partial charge on any atom is -0.00720 e. The average Bonchev–Trinajstić information content (AvgIpc) is 2.06. The SMILES string of the molecule is C.CCCC(CC)(CCN)CCN. The van der Waals surface area contributed by atoms with Crippen molar-refractivity contribution >= 4 is 0 Å². The van der Waals surface area contributed by atoms with Gasteiger partial charge in [-0.15, -0.1) is 0 Å². The highest BCUT2D eigenvalue weighted by Gasteiger charge is 2.24. The monoisotopic (exact) mass is 188 g/mol. The molecule has 0 rings (SSSR count). The molecule has 0 saturated carbocycles. The molecule has 4 N–H and O–H groups in total. The van der Waals surface area contributed by atoms with E-state index in [0.717, 1.165) is 25.9 Å². The summed E-state index contributed by atoms with van der Waals surface area (Å²) in [7, 11) is 0. The summed E-state index contributed by atoms with van der Waals surface area (Å²) in [5, 5.41) is 0. The van der Waals surface area contributed by atoms with E-state index in [4.69, 9.17) is 11.5 Å². The molecule has 0 spiro atoms. The van der Waals surface area contributed by atoms with Crippen molar-refractivity contribution in [2.45, 2.75) is 53.4 Å². The van der Waals surface area contributed by atoms with Gasteiger partial charge in [0.15, 0.2) is 0 Å². The van der Waals surface area contributed by atoms with Crippen LogP contribution in [-0.2, 0) is 0 Å². The van der Waals surface area contributed by atoms with Crippen LogP contribution in [0.2, 0.25) is 0 Å². The molecule has 0 aliphatic rings. The van der Waals surface area contributed by atoms with Gasteiger partial charge in [0, 0.05) is 0 Å². The fourth-order valence-electron chi connectivity index (χ4n) is 2.05. The second-order valence-corrected chi connectivity index (χ2v) is 3.68. The topological polar surface area (TPSA) is 52.0 Å². The van der Waals surface area contributed by atoms with E-state index in [9.17, 15) is 0 Å². The first-order valence-corrected chi connectivity index (χ1v) is 5.14. The van der Waals surface area contributed by atoms with Gasteiger partial charge in [-0.1, -0.05) is 34.1 Å². The van der Waals surface area contributed by atoms with Gasteiger partial charge in [0.25, 0.3) is 0 Å². The third-order valence-electron chi connectivity index (χ3n) is 2.88. The second-order valence-electron chi connectivity index (χ2n) is 3.68. The summed E-state index contributed by atoms with van der Waals surface area (Å²) in [4.78, 5) is 0. The summed E-state index contributed by atoms with van der Waals surface area (Å²) in [5.41, 5.74) is 11.7. The van der Waals surface area contributed by atoms with Crippen molar-refractivity contribution in [1.29, 1.82) is 0 Å². The third kappa shape index (κ3) is 5.27. The van der Waals surface area contributed by atoms with Crippen molar-refractivity contribution in [3.63, 3.8) is 0 Å². The molecule has 0 aromatic carbocycles. The lowest BCUT2D eigenvalue weighted by Crippen LogP contribution is -2.26. The molecule has 0 aromatic rings. The number of hydrogen-bond acceptors (Lipinski definition) is 2. The Kier molecular flexibility index (Phi) is 10.1. The smallest absolute Gasteiger partial charge is 0.00720 e. The molecule has 2 heteroatoms. The average molecular weight is 188 g/mol. The van der Waals surface area contributed by atoms with Crippen molar-refractivity contribution in [1.82, 2.24) is 0 Å². The zero-order chi connectivity index (χ0) is 9.45. The van der Waals surface area contributed by atoms with Crippen LogP contribution in [0.5, 0.6) is 0 Å². The van der Waals surface area contributed by atoms with E-state index in [1.165, 1.54) is 19.3 Å². The van der Waals surface area contributed by atoms with E-state index in [-0.39, 0.29) is 7.43 Å². The lowest BCUT2D eigenvalue weighted by molar-refractivity contribution is 0.214. The minimum Gasteiger partial charge on any atom is -0.330 e. The lowest BCUT2D eigenvalue weighted by atomic mass is 9.75. The summed E-state index contributed by atoms with van der Waals surface area (Å²) in [5.74, 6) is 0. The van der Waals surface area contributed by atoms with Gasteiger partial charge in [-0.3, -0.25) is 0 Å². The van der Waals surface area contributed by atoms with Gasteiger partial charge in [0.1, 0.15) is 0 Å². The Balaban J connectivity index is 0. The third-order valence-corrected chi connectivity index (χ3v) is 2.88. The van der Waals surface area contributed by atoms with Crippen molar-refractivity contribution in [2.24, 2.45) is 16.9 Å². The molecule has 0 heterocycles. The highest BCUT2D eigenvalue weighted by atomic mass is 14.6. The Morgan fingerprint density at radius 1 is 0.923 bits per heavy atom. The minimum absolute atomic E-state index is 0. The molecule has 0 amide bonds. The maximum absolute atomic E-state index is 5.61. The molecule has 0 atom stereocenters. The van der Waals surface area contributed by atoms with Crippen LogP contribution < -0.4 is 11.5 Å². The molecule has 0 unspecified atom stereocenters. The predicted molar refractivity (Wildman–Crippen MR) is 61.7 cm³/mol.